The van der Waals surface area contributed by atoms with E-state index >= 15 is 0 Å². The van der Waals surface area contributed by atoms with Crippen molar-refractivity contribution in [2.24, 2.45) is 10.9 Å². The molecule has 0 aliphatic rings. The number of nitrogens with zero attached hydrogens (tertiary/aromatic N) is 2. The van der Waals surface area contributed by atoms with Crippen LogP contribution in [-0.2, 0) is 17.3 Å². The van der Waals surface area contributed by atoms with E-state index in [1.807, 2.05) is 13.0 Å². The molecule has 0 aliphatic heterocycles. The molecule has 0 aromatic carbocycles. The van der Waals surface area contributed by atoms with Crippen molar-refractivity contribution in [1.29, 1.82) is 0 Å². The summed E-state index contributed by atoms with van der Waals surface area (Å²) in [6.07, 6.45) is 1.61. The molecule has 0 radical (unpaired) electrons. The Morgan fingerprint density at radius 2 is 2.44 bits per heavy atom. The van der Waals surface area contributed by atoms with Crippen molar-refractivity contribution in [3.05, 3.63) is 29.6 Å². The monoisotopic (exact) mass is 270 g/mol. The molecule has 7 heteroatoms. The van der Waals surface area contributed by atoms with Gasteiger partial charge < -0.3 is 16.3 Å². The third kappa shape index (κ3) is 4.80. The van der Waals surface area contributed by atoms with Gasteiger partial charge in [0.25, 0.3) is 0 Å². The van der Waals surface area contributed by atoms with Crippen molar-refractivity contribution in [1.82, 2.24) is 10.3 Å². The lowest BCUT2D eigenvalue weighted by Crippen LogP contribution is -2.21. The minimum Gasteiger partial charge on any atom is -0.409 e. The van der Waals surface area contributed by atoms with Gasteiger partial charge in [-0.2, -0.15) is 0 Å². The van der Waals surface area contributed by atoms with E-state index in [4.69, 9.17) is 10.9 Å². The van der Waals surface area contributed by atoms with Gasteiger partial charge in [-0.1, -0.05) is 12.1 Å². The zero-order valence-electron chi connectivity index (χ0n) is 10.3. The maximum absolute atomic E-state index is 11.2. The molecule has 0 fully saturated rings. The van der Waals surface area contributed by atoms with Gasteiger partial charge in [-0.15, -0.1) is 0 Å². The van der Waals surface area contributed by atoms with Gasteiger partial charge in [0.05, 0.1) is 0 Å². The summed E-state index contributed by atoms with van der Waals surface area (Å²) in [4.78, 5) is 3.99. The molecule has 0 amide bonds. The van der Waals surface area contributed by atoms with Gasteiger partial charge in [-0.05, 0) is 17.7 Å². The normalized spacial score (nSPS) is 13.5. The van der Waals surface area contributed by atoms with Gasteiger partial charge in [-0.3, -0.25) is 9.19 Å². The van der Waals surface area contributed by atoms with Crippen LogP contribution < -0.4 is 11.1 Å². The molecule has 0 bridgehead atoms. The predicted octanol–water partition coefficient (Wildman–Crippen LogP) is 0.0343. The second-order valence-electron chi connectivity index (χ2n) is 3.64. The summed E-state index contributed by atoms with van der Waals surface area (Å²) < 4.78 is 11.2. The number of nitrogens with two attached hydrogens (primary N) is 1. The number of hydrogen-bond acceptors (Lipinski definition) is 5. The van der Waals surface area contributed by atoms with Crippen molar-refractivity contribution in [2.75, 3.05) is 18.1 Å². The second-order valence-corrected chi connectivity index (χ2v) is 5.51. The van der Waals surface area contributed by atoms with Crippen molar-refractivity contribution in [3.63, 3.8) is 0 Å². The minimum absolute atomic E-state index is 0.0102. The number of pyridine rings is 1. The quantitative estimate of drug-likeness (QED) is 0.213. The van der Waals surface area contributed by atoms with Crippen molar-refractivity contribution in [3.8, 4) is 0 Å². The number of oxime groups is 1. The fourth-order valence-electron chi connectivity index (χ4n) is 1.34. The molecule has 1 aromatic rings. The average molecular weight is 270 g/mol. The Morgan fingerprint density at radius 1 is 1.67 bits per heavy atom. The summed E-state index contributed by atoms with van der Waals surface area (Å²) >= 11 is 0. The van der Waals surface area contributed by atoms with Crippen LogP contribution in [0.2, 0.25) is 0 Å². The molecule has 0 aliphatic carbocycles. The van der Waals surface area contributed by atoms with E-state index < -0.39 is 10.8 Å². The fourth-order valence-corrected chi connectivity index (χ4v) is 2.00. The molecule has 1 atom stereocenters. The van der Waals surface area contributed by atoms with E-state index in [1.165, 1.54) is 0 Å². The van der Waals surface area contributed by atoms with Crippen LogP contribution in [-0.4, -0.2) is 38.3 Å². The van der Waals surface area contributed by atoms with Gasteiger partial charge in [0.1, 0.15) is 5.69 Å². The molecular formula is C11H18N4O2S. The van der Waals surface area contributed by atoms with E-state index in [1.54, 1.807) is 12.3 Å². The zero-order valence-corrected chi connectivity index (χ0v) is 11.1. The van der Waals surface area contributed by atoms with E-state index in [-0.39, 0.29) is 5.84 Å². The molecule has 1 heterocycles. The number of amidine groups is 1. The summed E-state index contributed by atoms with van der Waals surface area (Å²) in [5.41, 5.74) is 6.87. The van der Waals surface area contributed by atoms with Crippen molar-refractivity contribution >= 4 is 16.6 Å². The molecule has 1 rings (SSSR count). The van der Waals surface area contributed by atoms with Crippen LogP contribution in [0.15, 0.2) is 23.5 Å². The average Bonchev–Trinajstić information content (AvgIpc) is 2.42. The van der Waals surface area contributed by atoms with Crippen LogP contribution >= 0.6 is 0 Å². The summed E-state index contributed by atoms with van der Waals surface area (Å²) in [6, 6.07) is 3.59. The van der Waals surface area contributed by atoms with Crippen LogP contribution in [0, 0.1) is 0 Å². The smallest absolute Gasteiger partial charge is 0.188 e. The van der Waals surface area contributed by atoms with E-state index in [2.05, 4.69) is 15.5 Å². The summed E-state index contributed by atoms with van der Waals surface area (Å²) in [6.45, 7) is 3.24. The Bertz CT molecular complexity index is 437. The Balaban J connectivity index is 2.45. The van der Waals surface area contributed by atoms with Crippen LogP contribution in [0.5, 0.6) is 0 Å². The molecule has 18 heavy (non-hydrogen) atoms. The maximum atomic E-state index is 11.2. The molecule has 0 spiro atoms. The minimum atomic E-state index is -0.745. The fraction of sp³-hybridized carbons (Fsp3) is 0.455. The lowest BCUT2D eigenvalue weighted by Gasteiger charge is -2.05. The van der Waals surface area contributed by atoms with Crippen molar-refractivity contribution in [2.45, 2.75) is 13.5 Å². The number of aromatic nitrogens is 1. The third-order valence-corrected chi connectivity index (χ3v) is 3.66. The van der Waals surface area contributed by atoms with E-state index in [0.29, 0.717) is 30.3 Å². The van der Waals surface area contributed by atoms with Gasteiger partial charge in [0.15, 0.2) is 5.84 Å². The Morgan fingerprint density at radius 3 is 3.11 bits per heavy atom. The number of hydrogen-bond donors (Lipinski definition) is 3. The van der Waals surface area contributed by atoms with E-state index in [9.17, 15) is 4.21 Å². The van der Waals surface area contributed by atoms with Gasteiger partial charge in [0, 0.05) is 41.6 Å². The summed E-state index contributed by atoms with van der Waals surface area (Å²) in [5, 5.41) is 14.6. The third-order valence-electron chi connectivity index (χ3n) is 2.35. The first-order valence-corrected chi connectivity index (χ1v) is 7.14. The first-order valence-electron chi connectivity index (χ1n) is 5.66. The van der Waals surface area contributed by atoms with Crippen LogP contribution in [0.3, 0.4) is 0 Å². The number of rotatable bonds is 7. The lowest BCUT2D eigenvalue weighted by atomic mass is 10.2. The van der Waals surface area contributed by atoms with Gasteiger partial charge in [-0.25, -0.2) is 0 Å². The Labute approximate surface area is 109 Å². The Kier molecular flexibility index (Phi) is 6.31. The maximum Gasteiger partial charge on any atom is 0.188 e. The van der Waals surface area contributed by atoms with Gasteiger partial charge >= 0.3 is 0 Å². The summed E-state index contributed by atoms with van der Waals surface area (Å²) in [5.74, 6) is 1.32. The van der Waals surface area contributed by atoms with Crippen LogP contribution in [0.4, 0.5) is 0 Å². The molecule has 100 valence electrons. The highest BCUT2D eigenvalue weighted by Crippen LogP contribution is 2.01. The molecule has 0 saturated carbocycles. The standard InChI is InChI=1S/C11H18N4O2S/c1-2-18(17)6-5-13-8-9-3-4-14-10(7-9)11(12)15-16/h3-4,7,13,16H,2,5-6,8H2,1H3,(H2,12,15). The topological polar surface area (TPSA) is 101 Å². The molecule has 4 N–H and O–H groups in total. The molecule has 6 nitrogen and oxygen atoms in total. The molecular weight excluding hydrogens is 252 g/mol. The highest BCUT2D eigenvalue weighted by Gasteiger charge is 2.02. The molecule has 1 aromatic heterocycles. The summed E-state index contributed by atoms with van der Waals surface area (Å²) in [7, 11) is -0.745. The zero-order chi connectivity index (χ0) is 13.4. The SMILES string of the molecule is CCS(=O)CCNCc1ccnc(/C(N)=N/O)c1. The second kappa shape index (κ2) is 7.78. The van der Waals surface area contributed by atoms with Crippen LogP contribution in [0.1, 0.15) is 18.2 Å². The van der Waals surface area contributed by atoms with Crippen LogP contribution in [0.25, 0.3) is 0 Å². The molecule has 0 saturated heterocycles. The van der Waals surface area contributed by atoms with Crippen molar-refractivity contribution < 1.29 is 9.42 Å². The molecule has 1 unspecified atom stereocenters. The highest BCUT2D eigenvalue weighted by atomic mass is 32.2. The highest BCUT2D eigenvalue weighted by molar-refractivity contribution is 7.84. The number of nitrogens with one attached hydrogen (secondary N) is 1. The van der Waals surface area contributed by atoms with Gasteiger partial charge in [0.2, 0.25) is 0 Å². The Hall–Kier alpha value is -1.47. The predicted molar refractivity (Wildman–Crippen MR) is 72.0 cm³/mol. The first kappa shape index (κ1) is 14.6. The lowest BCUT2D eigenvalue weighted by molar-refractivity contribution is 0.318. The largest absolute Gasteiger partial charge is 0.409 e. The first-order chi connectivity index (χ1) is 8.67. The van der Waals surface area contributed by atoms with E-state index in [0.717, 1.165) is 5.56 Å².